The van der Waals surface area contributed by atoms with Gasteiger partial charge in [0, 0.05) is 0 Å². The number of rotatable bonds is 7. The molecular weight excluding hydrogens is 172 g/mol. The second kappa shape index (κ2) is 6.61. The monoisotopic (exact) mass is 194 g/mol. The smallest absolute Gasteiger partial charge is 0.0800 e. The van der Waals surface area contributed by atoms with Crippen LogP contribution in [0.25, 0.3) is 0 Å². The predicted molar refractivity (Wildman–Crippen MR) is 63.2 cm³/mol. The van der Waals surface area contributed by atoms with Gasteiger partial charge >= 0.3 is 0 Å². The van der Waals surface area contributed by atoms with Crippen molar-refractivity contribution in [2.75, 3.05) is 0 Å². The second-order valence-corrected chi connectivity index (χ2v) is 3.98. The summed E-state index contributed by atoms with van der Waals surface area (Å²) in [6.07, 6.45) is 9.45. The van der Waals surface area contributed by atoms with Crippen molar-refractivity contribution in [3.8, 4) is 0 Å². The molecule has 0 bridgehead atoms. The lowest BCUT2D eigenvalue weighted by molar-refractivity contribution is 0.103. The van der Waals surface area contributed by atoms with Crippen LogP contribution in [0, 0.1) is 0 Å². The van der Waals surface area contributed by atoms with Crippen molar-refractivity contribution in [3.05, 3.63) is 37.0 Å². The summed E-state index contributed by atoms with van der Waals surface area (Å²) in [5, 5.41) is 9.65. The van der Waals surface area contributed by atoms with Crippen LogP contribution < -0.4 is 0 Å². The van der Waals surface area contributed by atoms with Gasteiger partial charge in [-0.05, 0) is 39.5 Å². The fourth-order valence-corrected chi connectivity index (χ4v) is 1.14. The first-order chi connectivity index (χ1) is 6.52. The Hall–Kier alpha value is -0.820. The maximum Gasteiger partial charge on any atom is 0.0800 e. The minimum atomic E-state index is -0.727. The molecule has 0 amide bonds. The summed E-state index contributed by atoms with van der Waals surface area (Å²) in [5.41, 5.74) is 0.639. The summed E-state index contributed by atoms with van der Waals surface area (Å²) in [6.45, 7) is 11.2. The predicted octanol–water partition coefficient (Wildman–Crippen LogP) is 3.62. The Balaban J connectivity index is 3.80. The van der Waals surface area contributed by atoms with E-state index in [0.29, 0.717) is 0 Å². The van der Waals surface area contributed by atoms with Gasteiger partial charge in [-0.1, -0.05) is 23.8 Å². The van der Waals surface area contributed by atoms with E-state index < -0.39 is 5.60 Å². The van der Waals surface area contributed by atoms with Crippen LogP contribution in [-0.2, 0) is 0 Å². The molecule has 0 aromatic rings. The molecule has 0 heterocycles. The first-order valence-corrected chi connectivity index (χ1v) is 5.14. The molecule has 0 radical (unpaired) electrons. The second-order valence-electron chi connectivity index (χ2n) is 3.98. The van der Waals surface area contributed by atoms with Crippen LogP contribution in [0.3, 0.4) is 0 Å². The number of hydrogen-bond acceptors (Lipinski definition) is 1. The van der Waals surface area contributed by atoms with E-state index in [2.05, 4.69) is 26.2 Å². The molecule has 0 aliphatic rings. The maximum absolute atomic E-state index is 9.65. The highest BCUT2D eigenvalue weighted by atomic mass is 16.3. The number of allylic oxidation sites excluding steroid dienone is 3. The normalized spacial score (nSPS) is 16.1. The molecule has 1 unspecified atom stereocenters. The Morgan fingerprint density at radius 2 is 2.00 bits per heavy atom. The van der Waals surface area contributed by atoms with Gasteiger partial charge in [0.2, 0.25) is 0 Å². The fraction of sp³-hybridized carbons (Fsp3) is 0.538. The lowest BCUT2D eigenvalue weighted by Gasteiger charge is -2.16. The zero-order chi connectivity index (χ0) is 11.0. The van der Waals surface area contributed by atoms with E-state index in [4.69, 9.17) is 0 Å². The van der Waals surface area contributed by atoms with Crippen molar-refractivity contribution in [3.63, 3.8) is 0 Å². The highest BCUT2D eigenvalue weighted by Gasteiger charge is 2.12. The zero-order valence-corrected chi connectivity index (χ0v) is 9.42. The molecule has 80 valence electrons. The molecule has 14 heavy (non-hydrogen) atoms. The minimum absolute atomic E-state index is 0.727. The van der Waals surface area contributed by atoms with Gasteiger partial charge in [-0.3, -0.25) is 0 Å². The largest absolute Gasteiger partial charge is 0.386 e. The highest BCUT2D eigenvalue weighted by Crippen LogP contribution is 2.15. The van der Waals surface area contributed by atoms with Crippen molar-refractivity contribution < 1.29 is 5.11 Å². The molecule has 0 aliphatic carbocycles. The quantitative estimate of drug-likeness (QED) is 0.614. The van der Waals surface area contributed by atoms with Gasteiger partial charge in [0.25, 0.3) is 0 Å². The van der Waals surface area contributed by atoms with E-state index in [-0.39, 0.29) is 0 Å². The molecule has 0 saturated carbocycles. The molecule has 1 N–H and O–H groups in total. The van der Waals surface area contributed by atoms with Crippen molar-refractivity contribution in [1.82, 2.24) is 0 Å². The molecule has 0 saturated heterocycles. The van der Waals surface area contributed by atoms with Crippen LogP contribution in [0.2, 0.25) is 0 Å². The summed E-state index contributed by atoms with van der Waals surface area (Å²) in [7, 11) is 0. The van der Waals surface area contributed by atoms with Crippen molar-refractivity contribution in [1.29, 1.82) is 0 Å². The summed E-state index contributed by atoms with van der Waals surface area (Å²) >= 11 is 0. The molecule has 0 aromatic heterocycles. The van der Waals surface area contributed by atoms with Crippen LogP contribution in [-0.4, -0.2) is 10.7 Å². The van der Waals surface area contributed by atoms with Crippen LogP contribution >= 0.6 is 0 Å². The van der Waals surface area contributed by atoms with Crippen molar-refractivity contribution in [2.24, 2.45) is 0 Å². The summed E-state index contributed by atoms with van der Waals surface area (Å²) < 4.78 is 0. The summed E-state index contributed by atoms with van der Waals surface area (Å²) in [4.78, 5) is 0. The highest BCUT2D eigenvalue weighted by molar-refractivity contribution is 5.01. The van der Waals surface area contributed by atoms with Crippen LogP contribution in [0.15, 0.2) is 37.0 Å². The van der Waals surface area contributed by atoms with E-state index in [1.54, 1.807) is 13.0 Å². The first-order valence-electron chi connectivity index (χ1n) is 5.14. The lowest BCUT2D eigenvalue weighted by atomic mass is 9.99. The molecule has 1 nitrogen and oxygen atoms in total. The third-order valence-corrected chi connectivity index (χ3v) is 2.33. The van der Waals surface area contributed by atoms with Crippen LogP contribution in [0.4, 0.5) is 0 Å². The molecule has 0 aliphatic heterocycles. The van der Waals surface area contributed by atoms with Gasteiger partial charge < -0.3 is 5.11 Å². The molecule has 0 fully saturated rings. The number of aliphatic hydroxyl groups is 1. The van der Waals surface area contributed by atoms with E-state index in [0.717, 1.165) is 25.7 Å². The topological polar surface area (TPSA) is 20.2 Å². The molecule has 0 aromatic carbocycles. The van der Waals surface area contributed by atoms with Gasteiger partial charge in [0.15, 0.2) is 0 Å². The Morgan fingerprint density at radius 3 is 2.50 bits per heavy atom. The Bertz CT molecular complexity index is 211. The Kier molecular flexibility index (Phi) is 6.22. The van der Waals surface area contributed by atoms with Crippen LogP contribution in [0.5, 0.6) is 0 Å². The standard InChI is InChI=1S/C13H22O/c1-5-7-9-12(3)10-8-11-13(4,14)6-2/h5-6,10,14H,1-2,7-9,11H2,3-4H3/b12-10+. The maximum atomic E-state index is 9.65. The van der Waals surface area contributed by atoms with E-state index in [1.807, 2.05) is 6.08 Å². The van der Waals surface area contributed by atoms with E-state index in [9.17, 15) is 5.11 Å². The van der Waals surface area contributed by atoms with Gasteiger partial charge in [-0.2, -0.15) is 0 Å². The zero-order valence-electron chi connectivity index (χ0n) is 9.42. The number of hydrogen-bond donors (Lipinski definition) is 1. The summed E-state index contributed by atoms with van der Waals surface area (Å²) in [6, 6.07) is 0. The van der Waals surface area contributed by atoms with Gasteiger partial charge in [0.05, 0.1) is 5.60 Å². The first kappa shape index (κ1) is 13.2. The van der Waals surface area contributed by atoms with Crippen LogP contribution in [0.1, 0.15) is 39.5 Å². The third kappa shape index (κ3) is 6.67. The Morgan fingerprint density at radius 1 is 1.36 bits per heavy atom. The molecule has 0 spiro atoms. The fourth-order valence-electron chi connectivity index (χ4n) is 1.14. The Labute approximate surface area is 87.8 Å². The van der Waals surface area contributed by atoms with Crippen molar-refractivity contribution in [2.45, 2.75) is 45.1 Å². The van der Waals surface area contributed by atoms with E-state index >= 15 is 0 Å². The average molecular weight is 194 g/mol. The molecule has 1 atom stereocenters. The average Bonchev–Trinajstić information content (AvgIpc) is 2.14. The molecule has 1 heteroatoms. The van der Waals surface area contributed by atoms with E-state index in [1.165, 1.54) is 5.57 Å². The van der Waals surface area contributed by atoms with Crippen molar-refractivity contribution >= 4 is 0 Å². The summed E-state index contributed by atoms with van der Waals surface area (Å²) in [5.74, 6) is 0. The van der Waals surface area contributed by atoms with Gasteiger partial charge in [0.1, 0.15) is 0 Å². The molecular formula is C13H22O. The minimum Gasteiger partial charge on any atom is -0.386 e. The van der Waals surface area contributed by atoms with Gasteiger partial charge in [-0.25, -0.2) is 0 Å². The molecule has 0 rings (SSSR count). The lowest BCUT2D eigenvalue weighted by Crippen LogP contribution is -2.19. The third-order valence-electron chi connectivity index (χ3n) is 2.33. The SMILES string of the molecule is C=CCC/C(C)=C/CCC(C)(O)C=C. The van der Waals surface area contributed by atoms with Gasteiger partial charge in [-0.15, -0.1) is 13.2 Å².